The average molecular weight is 300 g/mol. The molecule has 0 radical (unpaired) electrons. The molecule has 116 valence electrons. The number of unbranched alkanes of at least 4 members (excludes halogenated alkanes) is 1. The number of fused-ring (bicyclic) bond motifs is 1. The van der Waals surface area contributed by atoms with Crippen LogP contribution in [0.25, 0.3) is 10.9 Å². The van der Waals surface area contributed by atoms with Crippen molar-refractivity contribution in [3.05, 3.63) is 36.0 Å². The number of benzene rings is 1. The van der Waals surface area contributed by atoms with Gasteiger partial charge < -0.3 is 21.4 Å². The molecule has 6 nitrogen and oxygen atoms in total. The largest absolute Gasteiger partial charge is 0.361 e. The molecule has 0 spiro atoms. The Bertz CT molecular complexity index is 694. The second-order valence-electron chi connectivity index (χ2n) is 5.58. The van der Waals surface area contributed by atoms with Crippen molar-refractivity contribution in [3.63, 3.8) is 0 Å². The molecular weight excluding hydrogens is 280 g/mol. The van der Waals surface area contributed by atoms with Gasteiger partial charge in [-0.05, 0) is 31.9 Å². The molecule has 2 aromatic rings. The third kappa shape index (κ3) is 2.69. The fraction of sp³-hybridized carbons (Fsp3) is 0.375. The van der Waals surface area contributed by atoms with E-state index in [-0.39, 0.29) is 11.8 Å². The first-order valence-electron chi connectivity index (χ1n) is 7.57. The first-order chi connectivity index (χ1) is 10.7. The molecule has 1 aromatic carbocycles. The van der Waals surface area contributed by atoms with Crippen molar-refractivity contribution in [1.29, 1.82) is 0 Å². The predicted molar refractivity (Wildman–Crippen MR) is 84.0 cm³/mol. The van der Waals surface area contributed by atoms with Gasteiger partial charge in [0.1, 0.15) is 12.1 Å². The normalized spacial score (nSPS) is 21.7. The second kappa shape index (κ2) is 6.19. The maximum absolute atomic E-state index is 12.4. The fourth-order valence-corrected chi connectivity index (χ4v) is 2.88. The lowest BCUT2D eigenvalue weighted by Crippen LogP contribution is -2.57. The highest BCUT2D eigenvalue weighted by molar-refractivity contribution is 6.00. The summed E-state index contributed by atoms with van der Waals surface area (Å²) in [5.41, 5.74) is 7.20. The summed E-state index contributed by atoms with van der Waals surface area (Å²) in [5, 5.41) is 6.61. The minimum absolute atomic E-state index is 0.132. The van der Waals surface area contributed by atoms with E-state index in [0.717, 1.165) is 29.3 Å². The van der Waals surface area contributed by atoms with Crippen LogP contribution in [0.2, 0.25) is 0 Å². The van der Waals surface area contributed by atoms with Crippen LogP contribution in [-0.4, -0.2) is 29.4 Å². The summed E-state index contributed by atoms with van der Waals surface area (Å²) in [6, 6.07) is 6.62. The highest BCUT2D eigenvalue weighted by atomic mass is 16.2. The van der Waals surface area contributed by atoms with Gasteiger partial charge >= 0.3 is 0 Å². The van der Waals surface area contributed by atoms with Crippen LogP contribution in [0.15, 0.2) is 30.5 Å². The van der Waals surface area contributed by atoms with E-state index in [1.165, 1.54) is 0 Å². The SMILES string of the molecule is NCCCC[C@H]1NC(=O)[C@@H](c2c[nH]c3ccccc23)NC1=O. The minimum atomic E-state index is -0.644. The maximum atomic E-state index is 12.4. The number of aromatic nitrogens is 1. The van der Waals surface area contributed by atoms with Crippen molar-refractivity contribution in [2.75, 3.05) is 6.54 Å². The Morgan fingerprint density at radius 2 is 1.86 bits per heavy atom. The van der Waals surface area contributed by atoms with Crippen molar-refractivity contribution < 1.29 is 9.59 Å². The van der Waals surface area contributed by atoms with E-state index >= 15 is 0 Å². The molecule has 2 atom stereocenters. The quantitative estimate of drug-likeness (QED) is 0.619. The Morgan fingerprint density at radius 3 is 2.68 bits per heavy atom. The zero-order valence-electron chi connectivity index (χ0n) is 12.3. The van der Waals surface area contributed by atoms with Gasteiger partial charge in [0, 0.05) is 22.7 Å². The standard InChI is InChI=1S/C16H20N4O2/c17-8-4-3-7-13-15(21)20-14(16(22)19-13)11-9-18-12-6-2-1-5-10(11)12/h1-2,5-6,9,13-14,18H,3-4,7-8,17H2,(H,19,22)(H,20,21)/t13-,14-/m1/s1. The molecule has 22 heavy (non-hydrogen) atoms. The smallest absolute Gasteiger partial charge is 0.247 e. The molecule has 2 heterocycles. The number of piperazine rings is 1. The summed E-state index contributed by atoms with van der Waals surface area (Å²) in [6.07, 6.45) is 4.08. The molecule has 1 aromatic heterocycles. The molecule has 0 saturated carbocycles. The molecular formula is C16H20N4O2. The maximum Gasteiger partial charge on any atom is 0.247 e. The summed E-state index contributed by atoms with van der Waals surface area (Å²) in [5.74, 6) is -0.297. The minimum Gasteiger partial charge on any atom is -0.361 e. The van der Waals surface area contributed by atoms with Gasteiger partial charge in [-0.3, -0.25) is 9.59 Å². The molecule has 0 bridgehead atoms. The summed E-state index contributed by atoms with van der Waals surface area (Å²) >= 11 is 0. The molecule has 1 fully saturated rings. The third-order valence-electron chi connectivity index (χ3n) is 4.06. The Morgan fingerprint density at radius 1 is 1.05 bits per heavy atom. The van der Waals surface area contributed by atoms with Crippen LogP contribution < -0.4 is 16.4 Å². The highest BCUT2D eigenvalue weighted by Gasteiger charge is 2.35. The molecule has 6 heteroatoms. The second-order valence-corrected chi connectivity index (χ2v) is 5.58. The van der Waals surface area contributed by atoms with E-state index in [1.807, 2.05) is 24.3 Å². The number of rotatable bonds is 5. The highest BCUT2D eigenvalue weighted by Crippen LogP contribution is 2.26. The van der Waals surface area contributed by atoms with Crippen LogP contribution in [0, 0.1) is 0 Å². The van der Waals surface area contributed by atoms with E-state index in [0.29, 0.717) is 13.0 Å². The zero-order chi connectivity index (χ0) is 15.5. The molecule has 1 aliphatic rings. The molecule has 2 amide bonds. The van der Waals surface area contributed by atoms with E-state index in [4.69, 9.17) is 5.73 Å². The number of H-pyrrole nitrogens is 1. The third-order valence-corrected chi connectivity index (χ3v) is 4.06. The van der Waals surface area contributed by atoms with Gasteiger partial charge in [0.25, 0.3) is 0 Å². The van der Waals surface area contributed by atoms with E-state index in [1.54, 1.807) is 6.20 Å². The van der Waals surface area contributed by atoms with Crippen LogP contribution >= 0.6 is 0 Å². The zero-order valence-corrected chi connectivity index (χ0v) is 12.3. The molecule has 1 aliphatic heterocycles. The summed E-state index contributed by atoms with van der Waals surface area (Å²) in [7, 11) is 0. The lowest BCUT2D eigenvalue weighted by molar-refractivity contribution is -0.137. The van der Waals surface area contributed by atoms with Gasteiger partial charge in [-0.2, -0.15) is 0 Å². The predicted octanol–water partition coefficient (Wildman–Crippen LogP) is 0.953. The number of carbonyl (C=O) groups is 2. The Kier molecular flexibility index (Phi) is 4.11. The van der Waals surface area contributed by atoms with E-state index in [9.17, 15) is 9.59 Å². The van der Waals surface area contributed by atoms with Crippen LogP contribution in [0.3, 0.4) is 0 Å². The monoisotopic (exact) mass is 300 g/mol. The number of nitrogens with one attached hydrogen (secondary N) is 3. The number of hydrogen-bond donors (Lipinski definition) is 4. The summed E-state index contributed by atoms with van der Waals surface area (Å²) in [6.45, 7) is 0.597. The van der Waals surface area contributed by atoms with E-state index in [2.05, 4.69) is 15.6 Å². The fourth-order valence-electron chi connectivity index (χ4n) is 2.88. The number of nitrogens with two attached hydrogens (primary N) is 1. The number of aromatic amines is 1. The lowest BCUT2D eigenvalue weighted by Gasteiger charge is -2.29. The van der Waals surface area contributed by atoms with Crippen molar-refractivity contribution in [2.24, 2.45) is 5.73 Å². The first-order valence-corrected chi connectivity index (χ1v) is 7.57. The topological polar surface area (TPSA) is 100 Å². The van der Waals surface area contributed by atoms with Crippen LogP contribution in [0.5, 0.6) is 0 Å². The molecule has 0 aliphatic carbocycles. The van der Waals surface area contributed by atoms with Crippen molar-refractivity contribution >= 4 is 22.7 Å². The Labute approximate surface area is 128 Å². The van der Waals surface area contributed by atoms with Crippen molar-refractivity contribution in [2.45, 2.75) is 31.3 Å². The first kappa shape index (κ1) is 14.6. The van der Waals surface area contributed by atoms with Crippen LogP contribution in [-0.2, 0) is 9.59 Å². The van der Waals surface area contributed by atoms with Crippen LogP contribution in [0.1, 0.15) is 30.9 Å². The van der Waals surface area contributed by atoms with Gasteiger partial charge in [-0.1, -0.05) is 18.2 Å². The molecule has 1 saturated heterocycles. The number of amides is 2. The summed E-state index contributed by atoms with van der Waals surface area (Å²) in [4.78, 5) is 27.7. The number of hydrogen-bond acceptors (Lipinski definition) is 3. The van der Waals surface area contributed by atoms with Gasteiger partial charge in [-0.15, -0.1) is 0 Å². The van der Waals surface area contributed by atoms with Crippen molar-refractivity contribution in [1.82, 2.24) is 15.6 Å². The molecule has 3 rings (SSSR count). The van der Waals surface area contributed by atoms with Gasteiger partial charge in [0.05, 0.1) is 0 Å². The van der Waals surface area contributed by atoms with Crippen LogP contribution in [0.4, 0.5) is 0 Å². The van der Waals surface area contributed by atoms with Gasteiger partial charge in [0.15, 0.2) is 0 Å². The lowest BCUT2D eigenvalue weighted by atomic mass is 9.99. The van der Waals surface area contributed by atoms with Gasteiger partial charge in [0.2, 0.25) is 11.8 Å². The average Bonchev–Trinajstić information content (AvgIpc) is 2.94. The van der Waals surface area contributed by atoms with Crippen molar-refractivity contribution in [3.8, 4) is 0 Å². The Hall–Kier alpha value is -2.34. The number of para-hydroxylation sites is 1. The number of carbonyl (C=O) groups excluding carboxylic acids is 2. The summed E-state index contributed by atoms with van der Waals surface area (Å²) < 4.78 is 0. The molecule has 5 N–H and O–H groups in total. The Balaban J connectivity index is 1.77. The van der Waals surface area contributed by atoms with E-state index < -0.39 is 12.1 Å². The van der Waals surface area contributed by atoms with Gasteiger partial charge in [-0.25, -0.2) is 0 Å². The molecule has 0 unspecified atom stereocenters.